The SMILES string of the molecule is CCc1c(C(=O)NCC(c2ccccc2)N2CCOCC2)cnn1-c1ccccc1. The third-order valence-corrected chi connectivity index (χ3v) is 5.58. The molecule has 30 heavy (non-hydrogen) atoms. The first-order valence-corrected chi connectivity index (χ1v) is 10.5. The van der Waals surface area contributed by atoms with E-state index >= 15 is 0 Å². The van der Waals surface area contributed by atoms with E-state index in [1.165, 1.54) is 5.56 Å². The van der Waals surface area contributed by atoms with E-state index in [0.717, 1.165) is 44.1 Å². The predicted molar refractivity (Wildman–Crippen MR) is 117 cm³/mol. The molecule has 1 aromatic heterocycles. The van der Waals surface area contributed by atoms with Crippen molar-refractivity contribution in [1.82, 2.24) is 20.0 Å². The molecule has 1 amide bonds. The summed E-state index contributed by atoms with van der Waals surface area (Å²) in [5, 5.41) is 7.64. The number of ether oxygens (including phenoxy) is 1. The number of hydrogen-bond acceptors (Lipinski definition) is 4. The fourth-order valence-electron chi connectivity index (χ4n) is 4.00. The minimum Gasteiger partial charge on any atom is -0.379 e. The van der Waals surface area contributed by atoms with Crippen molar-refractivity contribution < 1.29 is 9.53 Å². The van der Waals surface area contributed by atoms with Crippen molar-refractivity contribution in [2.75, 3.05) is 32.8 Å². The van der Waals surface area contributed by atoms with Gasteiger partial charge in [0.05, 0.1) is 42.4 Å². The molecular weight excluding hydrogens is 376 g/mol. The quantitative estimate of drug-likeness (QED) is 0.657. The summed E-state index contributed by atoms with van der Waals surface area (Å²) in [6.07, 6.45) is 2.40. The van der Waals surface area contributed by atoms with Gasteiger partial charge in [-0.3, -0.25) is 9.69 Å². The van der Waals surface area contributed by atoms with Crippen LogP contribution in [0.15, 0.2) is 66.9 Å². The Morgan fingerprint density at radius 3 is 2.40 bits per heavy atom. The Labute approximate surface area is 177 Å². The molecule has 3 aromatic rings. The minimum atomic E-state index is -0.0804. The Bertz CT molecular complexity index is 950. The van der Waals surface area contributed by atoms with Crippen LogP contribution in [0.3, 0.4) is 0 Å². The summed E-state index contributed by atoms with van der Waals surface area (Å²) in [5.41, 5.74) is 3.72. The van der Waals surface area contributed by atoms with Gasteiger partial charge in [0.25, 0.3) is 5.91 Å². The molecule has 1 aliphatic heterocycles. The lowest BCUT2D eigenvalue weighted by atomic mass is 10.0. The first kappa shape index (κ1) is 20.3. The van der Waals surface area contributed by atoms with Crippen molar-refractivity contribution in [3.05, 3.63) is 83.7 Å². The van der Waals surface area contributed by atoms with Gasteiger partial charge in [0.15, 0.2) is 0 Å². The fourth-order valence-corrected chi connectivity index (χ4v) is 4.00. The van der Waals surface area contributed by atoms with E-state index in [9.17, 15) is 4.79 Å². The number of benzene rings is 2. The molecule has 0 aliphatic carbocycles. The second-order valence-corrected chi connectivity index (χ2v) is 7.39. The van der Waals surface area contributed by atoms with Gasteiger partial charge in [-0.25, -0.2) is 4.68 Å². The van der Waals surface area contributed by atoms with Gasteiger partial charge in [-0.1, -0.05) is 55.5 Å². The van der Waals surface area contributed by atoms with Gasteiger partial charge < -0.3 is 10.1 Å². The van der Waals surface area contributed by atoms with Gasteiger partial charge in [0.2, 0.25) is 0 Å². The van der Waals surface area contributed by atoms with E-state index in [4.69, 9.17) is 4.74 Å². The molecule has 1 N–H and O–H groups in total. The summed E-state index contributed by atoms with van der Waals surface area (Å²) in [7, 11) is 0. The second-order valence-electron chi connectivity index (χ2n) is 7.39. The topological polar surface area (TPSA) is 59.4 Å². The highest BCUT2D eigenvalue weighted by atomic mass is 16.5. The lowest BCUT2D eigenvalue weighted by Crippen LogP contribution is -2.43. The maximum absolute atomic E-state index is 13.1. The molecule has 156 valence electrons. The number of amides is 1. The first-order chi connectivity index (χ1) is 14.8. The lowest BCUT2D eigenvalue weighted by Gasteiger charge is -2.35. The monoisotopic (exact) mass is 404 g/mol. The number of rotatable bonds is 7. The maximum atomic E-state index is 13.1. The van der Waals surface area contributed by atoms with Crippen LogP contribution in [-0.2, 0) is 11.2 Å². The van der Waals surface area contributed by atoms with Crippen LogP contribution in [0, 0.1) is 0 Å². The summed E-state index contributed by atoms with van der Waals surface area (Å²) in [4.78, 5) is 15.5. The van der Waals surface area contributed by atoms with Crippen LogP contribution < -0.4 is 5.32 Å². The number of aromatic nitrogens is 2. The summed E-state index contributed by atoms with van der Waals surface area (Å²) in [5.74, 6) is -0.0804. The van der Waals surface area contributed by atoms with Crippen molar-refractivity contribution in [1.29, 1.82) is 0 Å². The van der Waals surface area contributed by atoms with Gasteiger partial charge in [-0.2, -0.15) is 5.10 Å². The standard InChI is InChI=1S/C24H28N4O2/c1-2-22-21(17-26-28(22)20-11-7-4-8-12-20)24(29)25-18-23(19-9-5-3-6-10-19)27-13-15-30-16-14-27/h3-12,17,23H,2,13-16,18H2,1H3,(H,25,29). The Balaban J connectivity index is 1.52. The molecule has 0 saturated carbocycles. The normalized spacial score (nSPS) is 15.6. The smallest absolute Gasteiger partial charge is 0.254 e. The number of nitrogens with one attached hydrogen (secondary N) is 1. The van der Waals surface area contributed by atoms with Gasteiger partial charge in [-0.05, 0) is 24.1 Å². The number of nitrogens with zero attached hydrogens (tertiary/aromatic N) is 3. The van der Waals surface area contributed by atoms with E-state index in [1.54, 1.807) is 6.20 Å². The maximum Gasteiger partial charge on any atom is 0.254 e. The van der Waals surface area contributed by atoms with Crippen molar-refractivity contribution in [3.63, 3.8) is 0 Å². The highest BCUT2D eigenvalue weighted by molar-refractivity contribution is 5.95. The molecule has 0 radical (unpaired) electrons. The predicted octanol–water partition coefficient (Wildman–Crippen LogP) is 3.24. The number of para-hydroxylation sites is 1. The largest absolute Gasteiger partial charge is 0.379 e. The summed E-state index contributed by atoms with van der Waals surface area (Å²) in [6.45, 7) is 5.77. The van der Waals surface area contributed by atoms with Crippen LogP contribution in [0.2, 0.25) is 0 Å². The molecule has 2 aromatic carbocycles. The van der Waals surface area contributed by atoms with Crippen molar-refractivity contribution in [2.45, 2.75) is 19.4 Å². The summed E-state index contributed by atoms with van der Waals surface area (Å²) in [6, 6.07) is 20.4. The molecule has 1 aliphatic rings. The number of carbonyl (C=O) groups is 1. The Morgan fingerprint density at radius 2 is 1.73 bits per heavy atom. The second kappa shape index (κ2) is 9.69. The Hall–Kier alpha value is -2.96. The number of carbonyl (C=O) groups excluding carboxylic acids is 1. The van der Waals surface area contributed by atoms with E-state index in [2.05, 4.69) is 27.4 Å². The van der Waals surface area contributed by atoms with Crippen LogP contribution in [0.4, 0.5) is 0 Å². The van der Waals surface area contributed by atoms with E-state index in [0.29, 0.717) is 12.1 Å². The van der Waals surface area contributed by atoms with Gasteiger partial charge in [0, 0.05) is 19.6 Å². The first-order valence-electron chi connectivity index (χ1n) is 10.5. The van der Waals surface area contributed by atoms with Gasteiger partial charge in [-0.15, -0.1) is 0 Å². The van der Waals surface area contributed by atoms with Crippen molar-refractivity contribution in [3.8, 4) is 5.69 Å². The molecule has 4 rings (SSSR count). The molecule has 1 fully saturated rings. The lowest BCUT2D eigenvalue weighted by molar-refractivity contribution is 0.0162. The van der Waals surface area contributed by atoms with E-state index in [1.807, 2.05) is 60.1 Å². The Morgan fingerprint density at radius 1 is 1.07 bits per heavy atom. The van der Waals surface area contributed by atoms with Gasteiger partial charge in [0.1, 0.15) is 0 Å². The number of hydrogen-bond donors (Lipinski definition) is 1. The van der Waals surface area contributed by atoms with Crippen molar-refractivity contribution >= 4 is 5.91 Å². The molecule has 6 nitrogen and oxygen atoms in total. The van der Waals surface area contributed by atoms with Crippen LogP contribution >= 0.6 is 0 Å². The zero-order valence-corrected chi connectivity index (χ0v) is 17.3. The fraction of sp³-hybridized carbons (Fsp3) is 0.333. The molecule has 2 heterocycles. The van der Waals surface area contributed by atoms with Gasteiger partial charge >= 0.3 is 0 Å². The van der Waals surface area contributed by atoms with Crippen LogP contribution in [-0.4, -0.2) is 53.4 Å². The van der Waals surface area contributed by atoms with E-state index in [-0.39, 0.29) is 11.9 Å². The van der Waals surface area contributed by atoms with Crippen molar-refractivity contribution in [2.24, 2.45) is 0 Å². The highest BCUT2D eigenvalue weighted by Gasteiger charge is 2.24. The van der Waals surface area contributed by atoms with Crippen LogP contribution in [0.1, 0.15) is 34.6 Å². The third kappa shape index (κ3) is 4.45. The van der Waals surface area contributed by atoms with Crippen LogP contribution in [0.25, 0.3) is 5.69 Å². The molecule has 0 bridgehead atoms. The third-order valence-electron chi connectivity index (χ3n) is 5.58. The number of morpholine rings is 1. The molecule has 6 heteroatoms. The average Bonchev–Trinajstić information content (AvgIpc) is 3.25. The molecular formula is C24H28N4O2. The highest BCUT2D eigenvalue weighted by Crippen LogP contribution is 2.22. The molecule has 1 saturated heterocycles. The summed E-state index contributed by atoms with van der Waals surface area (Å²) < 4.78 is 7.37. The summed E-state index contributed by atoms with van der Waals surface area (Å²) >= 11 is 0. The average molecular weight is 405 g/mol. The molecule has 1 atom stereocenters. The van der Waals surface area contributed by atoms with Crippen LogP contribution in [0.5, 0.6) is 0 Å². The molecule has 0 spiro atoms. The Kier molecular flexibility index (Phi) is 6.57. The van der Waals surface area contributed by atoms with E-state index < -0.39 is 0 Å². The zero-order chi connectivity index (χ0) is 20.8. The minimum absolute atomic E-state index is 0.0804. The molecule has 1 unspecified atom stereocenters. The zero-order valence-electron chi connectivity index (χ0n) is 17.3.